The highest BCUT2D eigenvalue weighted by molar-refractivity contribution is 9.10. The van der Waals surface area contributed by atoms with Gasteiger partial charge in [0, 0.05) is 23.2 Å². The highest BCUT2D eigenvalue weighted by atomic mass is 79.9. The molecule has 2 aliphatic carbocycles. The molecule has 128 valence electrons. The second kappa shape index (κ2) is 6.67. The molecule has 0 aromatic heterocycles. The highest BCUT2D eigenvalue weighted by Gasteiger charge is 2.50. The number of ketones is 2. The fraction of sp³-hybridized carbons (Fsp3) is 0.500. The number of ether oxygens (including phenoxy) is 2. The minimum Gasteiger partial charge on any atom is -0.496 e. The molecule has 1 aromatic carbocycles. The van der Waals surface area contributed by atoms with Gasteiger partial charge in [-0.15, -0.1) is 0 Å². The molecule has 0 spiro atoms. The summed E-state index contributed by atoms with van der Waals surface area (Å²) in [5.41, 5.74) is 1.35. The summed E-state index contributed by atoms with van der Waals surface area (Å²) in [4.78, 5) is 37.1. The third-order valence-corrected chi connectivity index (χ3v) is 5.55. The molecule has 0 unspecified atom stereocenters. The first-order chi connectivity index (χ1) is 11.5. The quantitative estimate of drug-likeness (QED) is 0.578. The molecule has 0 aliphatic heterocycles. The molecule has 0 amide bonds. The van der Waals surface area contributed by atoms with Crippen LogP contribution in [0.3, 0.4) is 0 Å². The number of esters is 1. The smallest absolute Gasteiger partial charge is 0.306 e. The van der Waals surface area contributed by atoms with Crippen LogP contribution in [-0.2, 0) is 14.3 Å². The Morgan fingerprint density at radius 1 is 1.33 bits per heavy atom. The Morgan fingerprint density at radius 3 is 2.75 bits per heavy atom. The number of fused-ring (bicyclic) bond motifs is 3. The van der Waals surface area contributed by atoms with Gasteiger partial charge in [-0.3, -0.25) is 14.4 Å². The van der Waals surface area contributed by atoms with Crippen molar-refractivity contribution in [3.05, 3.63) is 27.7 Å². The fourth-order valence-electron chi connectivity index (χ4n) is 3.96. The highest BCUT2D eigenvalue weighted by Crippen LogP contribution is 2.52. The second-order valence-electron chi connectivity index (χ2n) is 6.27. The standard InChI is InChI=1S/C18H19BrO5/c1-3-24-14(21)8-9-6-10-15-11(19)4-5-13(23-2)17(15)18(22)16(10)12(20)7-9/h4-5,9-10,16H,3,6-8H2,1-2H3/t9-,10+,16+/m1/s1. The van der Waals surface area contributed by atoms with Crippen molar-refractivity contribution >= 4 is 33.5 Å². The van der Waals surface area contributed by atoms with Gasteiger partial charge >= 0.3 is 5.97 Å². The largest absolute Gasteiger partial charge is 0.496 e. The Bertz CT molecular complexity index is 712. The van der Waals surface area contributed by atoms with E-state index >= 15 is 0 Å². The van der Waals surface area contributed by atoms with Crippen molar-refractivity contribution in [2.45, 2.75) is 32.1 Å². The van der Waals surface area contributed by atoms with Gasteiger partial charge in [0.1, 0.15) is 11.5 Å². The van der Waals surface area contributed by atoms with Gasteiger partial charge in [0.25, 0.3) is 0 Å². The summed E-state index contributed by atoms with van der Waals surface area (Å²) in [6, 6.07) is 3.57. The van der Waals surface area contributed by atoms with E-state index in [2.05, 4.69) is 15.9 Å². The first-order valence-electron chi connectivity index (χ1n) is 8.06. The van der Waals surface area contributed by atoms with E-state index in [4.69, 9.17) is 9.47 Å². The van der Waals surface area contributed by atoms with Crippen LogP contribution in [0.25, 0.3) is 0 Å². The lowest BCUT2D eigenvalue weighted by atomic mass is 9.72. The van der Waals surface area contributed by atoms with Gasteiger partial charge in [0.15, 0.2) is 5.78 Å². The molecule has 24 heavy (non-hydrogen) atoms. The van der Waals surface area contributed by atoms with Gasteiger partial charge in [0.2, 0.25) is 0 Å². The number of hydrogen-bond acceptors (Lipinski definition) is 5. The lowest BCUT2D eigenvalue weighted by Crippen LogP contribution is -2.33. The average Bonchev–Trinajstić information content (AvgIpc) is 2.83. The predicted molar refractivity (Wildman–Crippen MR) is 90.2 cm³/mol. The van der Waals surface area contributed by atoms with Crippen LogP contribution in [0.2, 0.25) is 0 Å². The summed E-state index contributed by atoms with van der Waals surface area (Å²) in [6.07, 6.45) is 1.09. The van der Waals surface area contributed by atoms with Crippen LogP contribution in [0.5, 0.6) is 5.75 Å². The van der Waals surface area contributed by atoms with E-state index in [9.17, 15) is 14.4 Å². The second-order valence-corrected chi connectivity index (χ2v) is 7.12. The number of halogens is 1. The lowest BCUT2D eigenvalue weighted by Gasteiger charge is -2.30. The lowest BCUT2D eigenvalue weighted by molar-refractivity contribution is -0.144. The fourth-order valence-corrected chi connectivity index (χ4v) is 4.58. The summed E-state index contributed by atoms with van der Waals surface area (Å²) in [6.45, 7) is 2.09. The van der Waals surface area contributed by atoms with Crippen LogP contribution in [0.1, 0.15) is 48.0 Å². The zero-order valence-electron chi connectivity index (χ0n) is 13.6. The minimum absolute atomic E-state index is 0.0873. The summed E-state index contributed by atoms with van der Waals surface area (Å²) < 4.78 is 11.1. The van der Waals surface area contributed by atoms with E-state index < -0.39 is 5.92 Å². The minimum atomic E-state index is -0.647. The summed E-state index contributed by atoms with van der Waals surface area (Å²) in [7, 11) is 1.52. The Morgan fingerprint density at radius 2 is 2.08 bits per heavy atom. The Hall–Kier alpha value is -1.69. The molecule has 3 rings (SSSR count). The van der Waals surface area contributed by atoms with E-state index in [1.54, 1.807) is 13.0 Å². The van der Waals surface area contributed by atoms with Gasteiger partial charge in [-0.2, -0.15) is 0 Å². The summed E-state index contributed by atoms with van der Waals surface area (Å²) in [5.74, 6) is -0.966. The number of hydrogen-bond donors (Lipinski definition) is 0. The van der Waals surface area contributed by atoms with Crippen LogP contribution in [0.4, 0.5) is 0 Å². The topological polar surface area (TPSA) is 69.7 Å². The molecule has 0 bridgehead atoms. The first-order valence-corrected chi connectivity index (χ1v) is 8.86. The average molecular weight is 395 g/mol. The third-order valence-electron chi connectivity index (χ3n) is 4.86. The van der Waals surface area contributed by atoms with Gasteiger partial charge in [-0.25, -0.2) is 0 Å². The monoisotopic (exact) mass is 394 g/mol. The normalized spacial score (nSPS) is 25.2. The number of benzene rings is 1. The molecule has 0 N–H and O–H groups in total. The van der Waals surface area contributed by atoms with Crippen molar-refractivity contribution in [1.29, 1.82) is 0 Å². The van der Waals surface area contributed by atoms with E-state index in [0.717, 1.165) is 10.0 Å². The van der Waals surface area contributed by atoms with Crippen LogP contribution in [-0.4, -0.2) is 31.3 Å². The van der Waals surface area contributed by atoms with Crippen LogP contribution in [0.15, 0.2) is 16.6 Å². The van der Waals surface area contributed by atoms with Crippen molar-refractivity contribution < 1.29 is 23.9 Å². The Balaban J connectivity index is 1.94. The van der Waals surface area contributed by atoms with Gasteiger partial charge in [-0.05, 0) is 37.0 Å². The van der Waals surface area contributed by atoms with E-state index in [0.29, 0.717) is 24.3 Å². The van der Waals surface area contributed by atoms with Crippen molar-refractivity contribution in [2.24, 2.45) is 11.8 Å². The van der Waals surface area contributed by atoms with Crippen LogP contribution < -0.4 is 4.74 Å². The Kier molecular flexibility index (Phi) is 4.76. The molecule has 1 fully saturated rings. The molecule has 0 saturated heterocycles. The number of Topliss-reactive ketones (excluding diaryl/α,β-unsaturated/α-hetero) is 2. The number of rotatable bonds is 4. The molecule has 0 radical (unpaired) electrons. The van der Waals surface area contributed by atoms with E-state index in [1.165, 1.54) is 7.11 Å². The molecular weight excluding hydrogens is 376 g/mol. The van der Waals surface area contributed by atoms with Crippen molar-refractivity contribution in [1.82, 2.24) is 0 Å². The van der Waals surface area contributed by atoms with Crippen LogP contribution in [0, 0.1) is 11.8 Å². The van der Waals surface area contributed by atoms with Crippen molar-refractivity contribution in [3.63, 3.8) is 0 Å². The number of carbonyl (C=O) groups is 3. The third kappa shape index (κ3) is 2.77. The molecule has 6 heteroatoms. The van der Waals surface area contributed by atoms with Gasteiger partial charge in [0.05, 0.1) is 25.2 Å². The number of methoxy groups -OCH3 is 1. The summed E-state index contributed by atoms with van der Waals surface area (Å²) >= 11 is 3.51. The van der Waals surface area contributed by atoms with Crippen molar-refractivity contribution in [3.8, 4) is 5.75 Å². The number of carbonyl (C=O) groups excluding carboxylic acids is 3. The molecular formula is C18H19BrO5. The zero-order valence-corrected chi connectivity index (χ0v) is 15.2. The molecule has 1 saturated carbocycles. The maximum atomic E-state index is 12.8. The van der Waals surface area contributed by atoms with Gasteiger partial charge < -0.3 is 9.47 Å². The SMILES string of the molecule is CCOC(=O)C[C@H]1CC(=O)[C@H]2C(=O)c3c(OC)ccc(Br)c3[C@@H]2C1. The molecule has 1 aromatic rings. The maximum absolute atomic E-state index is 12.8. The van der Waals surface area contributed by atoms with Crippen molar-refractivity contribution in [2.75, 3.05) is 13.7 Å². The molecule has 0 heterocycles. The van der Waals surface area contributed by atoms with E-state index in [1.807, 2.05) is 6.07 Å². The van der Waals surface area contributed by atoms with Gasteiger partial charge in [-0.1, -0.05) is 15.9 Å². The predicted octanol–water partition coefficient (Wildman–Crippen LogP) is 3.29. The summed E-state index contributed by atoms with van der Waals surface area (Å²) in [5, 5.41) is 0. The first kappa shape index (κ1) is 17.1. The molecule has 2 aliphatic rings. The molecule has 3 atom stereocenters. The molecule has 5 nitrogen and oxygen atoms in total. The zero-order chi connectivity index (χ0) is 17.4. The van der Waals surface area contributed by atoms with Crippen LogP contribution >= 0.6 is 15.9 Å². The Labute approximate surface area is 148 Å². The maximum Gasteiger partial charge on any atom is 0.306 e. The van der Waals surface area contributed by atoms with E-state index in [-0.39, 0.29) is 42.2 Å².